The summed E-state index contributed by atoms with van der Waals surface area (Å²) in [5.74, 6) is 0. The van der Waals surface area contributed by atoms with Gasteiger partial charge in [0, 0.05) is 37.8 Å². The molecule has 0 radical (unpaired) electrons. The molecule has 0 aliphatic carbocycles. The highest BCUT2D eigenvalue weighted by Crippen LogP contribution is 2.30. The Morgan fingerprint density at radius 2 is 1.88 bits per heavy atom. The van der Waals surface area contributed by atoms with E-state index in [4.69, 9.17) is 0 Å². The summed E-state index contributed by atoms with van der Waals surface area (Å²) >= 11 is 0. The average Bonchev–Trinajstić information content (AvgIpc) is 2.69. The number of hydrogen-bond donors (Lipinski definition) is 1. The second-order valence-corrected chi connectivity index (χ2v) is 4.73. The number of rotatable bonds is 1. The second kappa shape index (κ2) is 4.08. The Bertz CT molecular complexity index is 500. The van der Waals surface area contributed by atoms with Gasteiger partial charge in [0.2, 0.25) is 0 Å². The van der Waals surface area contributed by atoms with Crippen molar-refractivity contribution in [1.29, 1.82) is 0 Å². The van der Waals surface area contributed by atoms with Crippen LogP contribution in [-0.2, 0) is 0 Å². The van der Waals surface area contributed by atoms with Gasteiger partial charge in [0.05, 0.1) is 11.2 Å². The molecule has 84 valence electrons. The lowest BCUT2D eigenvalue weighted by atomic mass is 10.2. The molecule has 1 aromatic carbocycles. The molecule has 3 nitrogen and oxygen atoms in total. The van der Waals surface area contributed by atoms with Crippen LogP contribution >= 0.6 is 9.39 Å². The van der Waals surface area contributed by atoms with Gasteiger partial charge in [-0.05, 0) is 15.5 Å². The summed E-state index contributed by atoms with van der Waals surface area (Å²) in [6, 6.07) is 8.56. The van der Waals surface area contributed by atoms with Crippen LogP contribution in [0.1, 0.15) is 0 Å². The number of aromatic nitrogens is 1. The maximum Gasteiger partial charge on any atom is 0.0629 e. The van der Waals surface area contributed by atoms with Crippen molar-refractivity contribution in [3.8, 4) is 0 Å². The van der Waals surface area contributed by atoms with Crippen LogP contribution in [-0.4, -0.2) is 30.5 Å². The molecule has 4 heteroatoms. The van der Waals surface area contributed by atoms with Crippen molar-refractivity contribution < 1.29 is 0 Å². The molecule has 2 aromatic rings. The fourth-order valence-corrected chi connectivity index (χ4v) is 2.71. The van der Waals surface area contributed by atoms with Crippen LogP contribution in [0.15, 0.2) is 30.5 Å². The predicted octanol–water partition coefficient (Wildman–Crippen LogP) is 1.69. The molecule has 1 aliphatic rings. The van der Waals surface area contributed by atoms with Crippen LogP contribution in [0.2, 0.25) is 0 Å². The average molecular weight is 233 g/mol. The molecule has 1 saturated heterocycles. The van der Waals surface area contributed by atoms with Crippen LogP contribution in [0.4, 0.5) is 5.69 Å². The van der Waals surface area contributed by atoms with Gasteiger partial charge in [-0.2, -0.15) is 0 Å². The van der Waals surface area contributed by atoms with E-state index in [9.17, 15) is 0 Å². The van der Waals surface area contributed by atoms with Crippen LogP contribution in [0.5, 0.6) is 0 Å². The van der Waals surface area contributed by atoms with E-state index in [1.807, 2.05) is 0 Å². The van der Waals surface area contributed by atoms with Gasteiger partial charge < -0.3 is 14.6 Å². The van der Waals surface area contributed by atoms with E-state index in [0.717, 1.165) is 26.2 Å². The normalized spacial score (nSPS) is 16.9. The molecule has 1 N–H and O–H groups in total. The van der Waals surface area contributed by atoms with E-state index in [1.165, 1.54) is 16.6 Å². The lowest BCUT2D eigenvalue weighted by molar-refractivity contribution is 0.590. The molecule has 1 fully saturated rings. The fourth-order valence-electron chi connectivity index (χ4n) is 2.34. The first-order chi connectivity index (χ1) is 7.86. The third-order valence-electron chi connectivity index (χ3n) is 3.18. The van der Waals surface area contributed by atoms with Gasteiger partial charge in [-0.25, -0.2) is 0 Å². The molecule has 0 spiro atoms. The van der Waals surface area contributed by atoms with Crippen molar-refractivity contribution in [2.24, 2.45) is 0 Å². The predicted molar refractivity (Wildman–Crippen MR) is 72.1 cm³/mol. The maximum atomic E-state index is 3.39. The molecule has 2 heterocycles. The summed E-state index contributed by atoms with van der Waals surface area (Å²) in [6.07, 6.45) is 2.21. The highest BCUT2D eigenvalue weighted by molar-refractivity contribution is 7.15. The Morgan fingerprint density at radius 1 is 1.12 bits per heavy atom. The van der Waals surface area contributed by atoms with Crippen LogP contribution in [0.3, 0.4) is 0 Å². The molecule has 1 unspecified atom stereocenters. The molecule has 1 atom stereocenters. The minimum absolute atomic E-state index is 1.08. The Hall–Kier alpha value is -1.05. The minimum Gasteiger partial charge on any atom is -0.367 e. The van der Waals surface area contributed by atoms with Crippen molar-refractivity contribution >= 4 is 26.0 Å². The van der Waals surface area contributed by atoms with Crippen molar-refractivity contribution in [2.75, 3.05) is 31.1 Å². The first-order valence-corrected chi connectivity index (χ1v) is 6.19. The second-order valence-electron chi connectivity index (χ2n) is 4.18. The molecule has 16 heavy (non-hydrogen) atoms. The van der Waals surface area contributed by atoms with Crippen molar-refractivity contribution in [3.05, 3.63) is 30.5 Å². The van der Waals surface area contributed by atoms with Gasteiger partial charge in [-0.1, -0.05) is 18.2 Å². The number of benzene rings is 1. The number of anilines is 1. The van der Waals surface area contributed by atoms with E-state index in [1.54, 1.807) is 0 Å². The van der Waals surface area contributed by atoms with Gasteiger partial charge in [0.25, 0.3) is 0 Å². The van der Waals surface area contributed by atoms with E-state index in [0.29, 0.717) is 0 Å². The number of piperazine rings is 1. The minimum atomic E-state index is 1.08. The van der Waals surface area contributed by atoms with Crippen LogP contribution in [0, 0.1) is 0 Å². The van der Waals surface area contributed by atoms with E-state index in [2.05, 4.69) is 54.4 Å². The van der Waals surface area contributed by atoms with E-state index >= 15 is 0 Å². The number of nitrogens with zero attached hydrogens (tertiary/aromatic N) is 2. The Labute approximate surface area is 97.7 Å². The Kier molecular flexibility index (Phi) is 2.58. The molecule has 0 saturated carbocycles. The number of fused-ring (bicyclic) bond motifs is 1. The number of hydrogen-bond acceptors (Lipinski definition) is 2. The largest absolute Gasteiger partial charge is 0.367 e. The molecule has 1 aliphatic heterocycles. The summed E-state index contributed by atoms with van der Waals surface area (Å²) in [4.78, 5) is 2.46. The summed E-state index contributed by atoms with van der Waals surface area (Å²) in [7, 11) is 2.76. The fraction of sp³-hybridized carbons (Fsp3) is 0.333. The quantitative estimate of drug-likeness (QED) is 0.756. The van der Waals surface area contributed by atoms with Gasteiger partial charge in [-0.15, -0.1) is 0 Å². The van der Waals surface area contributed by atoms with Crippen molar-refractivity contribution in [1.82, 2.24) is 9.65 Å². The first-order valence-electron chi connectivity index (χ1n) is 5.67. The lowest BCUT2D eigenvalue weighted by Crippen LogP contribution is -2.43. The number of nitrogens with one attached hydrogen (secondary N) is 1. The summed E-state index contributed by atoms with van der Waals surface area (Å²) in [5, 5.41) is 4.73. The van der Waals surface area contributed by atoms with E-state index in [-0.39, 0.29) is 0 Å². The van der Waals surface area contributed by atoms with Crippen molar-refractivity contribution in [3.63, 3.8) is 0 Å². The molecular formula is C12H16N3P. The van der Waals surface area contributed by atoms with Gasteiger partial charge in [0.1, 0.15) is 0 Å². The molecule has 3 rings (SSSR count). The maximum absolute atomic E-state index is 3.39. The standard InChI is InChI=1S/C12H16N3P/c16-15-9-12(14-7-5-13-6-8-14)10-3-1-2-4-11(10)15/h1-4,9,13H,5-8,16H2. The lowest BCUT2D eigenvalue weighted by Gasteiger charge is -2.28. The zero-order chi connectivity index (χ0) is 11.0. The number of para-hydroxylation sites is 1. The smallest absolute Gasteiger partial charge is 0.0629 e. The van der Waals surface area contributed by atoms with Crippen LogP contribution in [0.25, 0.3) is 10.9 Å². The third kappa shape index (κ3) is 1.60. The van der Waals surface area contributed by atoms with Gasteiger partial charge >= 0.3 is 0 Å². The molecule has 1 aromatic heterocycles. The molecular weight excluding hydrogens is 217 g/mol. The summed E-state index contributed by atoms with van der Waals surface area (Å²) in [6.45, 7) is 4.35. The zero-order valence-corrected chi connectivity index (χ0v) is 10.3. The zero-order valence-electron chi connectivity index (χ0n) is 9.19. The summed E-state index contributed by atoms with van der Waals surface area (Å²) < 4.78 is 2.13. The van der Waals surface area contributed by atoms with Gasteiger partial charge in [0.15, 0.2) is 0 Å². The van der Waals surface area contributed by atoms with E-state index < -0.39 is 0 Å². The first kappa shape index (κ1) is 10.1. The Balaban J connectivity index is 2.08. The molecule has 0 amide bonds. The summed E-state index contributed by atoms with van der Waals surface area (Å²) in [5.41, 5.74) is 2.63. The highest BCUT2D eigenvalue weighted by Gasteiger charge is 2.15. The monoisotopic (exact) mass is 233 g/mol. The SMILES string of the molecule is Pn1cc(N2CCNCC2)c2ccccc21. The van der Waals surface area contributed by atoms with Crippen molar-refractivity contribution in [2.45, 2.75) is 0 Å². The van der Waals surface area contributed by atoms with Gasteiger partial charge in [-0.3, -0.25) is 0 Å². The molecule has 0 bridgehead atoms. The highest BCUT2D eigenvalue weighted by atomic mass is 31.0. The third-order valence-corrected chi connectivity index (χ3v) is 3.60. The Morgan fingerprint density at radius 3 is 2.69 bits per heavy atom. The topological polar surface area (TPSA) is 20.2 Å². The van der Waals surface area contributed by atoms with Crippen LogP contribution < -0.4 is 10.2 Å².